The summed E-state index contributed by atoms with van der Waals surface area (Å²) in [5.74, 6) is -0.401. The first-order chi connectivity index (χ1) is 13.2. The van der Waals surface area contributed by atoms with Crippen LogP contribution in [0.5, 0.6) is 0 Å². The molecule has 0 fully saturated rings. The summed E-state index contributed by atoms with van der Waals surface area (Å²) >= 11 is 7.09. The molecule has 1 aromatic heterocycles. The van der Waals surface area contributed by atoms with E-state index in [4.69, 9.17) is 11.6 Å². The Labute approximate surface area is 168 Å². The van der Waals surface area contributed by atoms with Crippen LogP contribution in [0.15, 0.2) is 59.9 Å². The summed E-state index contributed by atoms with van der Waals surface area (Å²) in [5, 5.41) is 3.72. The van der Waals surface area contributed by atoms with Crippen LogP contribution in [0.25, 0.3) is 11.3 Å². The van der Waals surface area contributed by atoms with Gasteiger partial charge in [0.15, 0.2) is 5.16 Å². The number of thioether (sulfide) groups is 1. The summed E-state index contributed by atoms with van der Waals surface area (Å²) in [6, 6.07) is 11.8. The van der Waals surface area contributed by atoms with Gasteiger partial charge in [0.25, 0.3) is 0 Å². The molecule has 1 heterocycles. The van der Waals surface area contributed by atoms with E-state index in [1.54, 1.807) is 18.3 Å². The summed E-state index contributed by atoms with van der Waals surface area (Å²) in [6.07, 6.45) is -2.77. The van der Waals surface area contributed by atoms with Gasteiger partial charge >= 0.3 is 6.18 Å². The van der Waals surface area contributed by atoms with Crippen molar-refractivity contribution in [3.63, 3.8) is 0 Å². The molecule has 0 aliphatic rings. The Bertz CT molecular complexity index is 987. The standard InChI is InChI=1S/C19H15ClF3N3OS/c1-26-16(12-5-7-14(20)8-6-12)10-24-18(26)28-11-17(27)25-15-4-2-3-13(9-15)19(21,22)23/h2-10H,11H2,1H3,(H,25,27). The topological polar surface area (TPSA) is 46.9 Å². The van der Waals surface area contributed by atoms with E-state index in [-0.39, 0.29) is 11.4 Å². The van der Waals surface area contributed by atoms with E-state index < -0.39 is 17.6 Å². The Hall–Kier alpha value is -2.45. The maximum atomic E-state index is 12.7. The first-order valence-electron chi connectivity index (χ1n) is 8.11. The molecule has 0 radical (unpaired) electrons. The molecule has 1 amide bonds. The lowest BCUT2D eigenvalue weighted by Crippen LogP contribution is -2.15. The van der Waals surface area contributed by atoms with Gasteiger partial charge in [0.05, 0.1) is 23.2 Å². The number of nitrogens with one attached hydrogen (secondary N) is 1. The zero-order valence-electron chi connectivity index (χ0n) is 14.6. The number of nitrogens with zero attached hydrogens (tertiary/aromatic N) is 2. The number of halogens is 4. The molecule has 28 heavy (non-hydrogen) atoms. The Morgan fingerprint density at radius 3 is 2.61 bits per heavy atom. The number of amides is 1. The number of anilines is 1. The predicted molar refractivity (Wildman–Crippen MR) is 104 cm³/mol. The molecular formula is C19H15ClF3N3OS. The van der Waals surface area contributed by atoms with Crippen molar-refractivity contribution in [1.82, 2.24) is 9.55 Å². The Kier molecular flexibility index (Phi) is 6.00. The van der Waals surface area contributed by atoms with E-state index in [1.807, 2.05) is 23.7 Å². The quantitative estimate of drug-likeness (QED) is 0.550. The fourth-order valence-corrected chi connectivity index (χ4v) is 3.39. The van der Waals surface area contributed by atoms with Crippen molar-refractivity contribution in [3.8, 4) is 11.3 Å². The maximum Gasteiger partial charge on any atom is 0.416 e. The first-order valence-corrected chi connectivity index (χ1v) is 9.48. The van der Waals surface area contributed by atoms with Crippen molar-refractivity contribution in [2.75, 3.05) is 11.1 Å². The molecule has 4 nitrogen and oxygen atoms in total. The van der Waals surface area contributed by atoms with Crippen LogP contribution < -0.4 is 5.32 Å². The van der Waals surface area contributed by atoms with E-state index in [0.717, 1.165) is 23.4 Å². The van der Waals surface area contributed by atoms with Gasteiger partial charge in [-0.3, -0.25) is 4.79 Å². The van der Waals surface area contributed by atoms with Crippen LogP contribution >= 0.6 is 23.4 Å². The largest absolute Gasteiger partial charge is 0.416 e. The molecule has 9 heteroatoms. The minimum atomic E-state index is -4.46. The number of rotatable bonds is 5. The van der Waals surface area contributed by atoms with Crippen molar-refractivity contribution in [2.45, 2.75) is 11.3 Å². The van der Waals surface area contributed by atoms with Gasteiger partial charge in [-0.15, -0.1) is 0 Å². The molecule has 0 saturated heterocycles. The number of carbonyl (C=O) groups excluding carboxylic acids is 1. The second kappa shape index (κ2) is 8.28. The fraction of sp³-hybridized carbons (Fsp3) is 0.158. The number of benzene rings is 2. The van der Waals surface area contributed by atoms with Gasteiger partial charge in [0, 0.05) is 17.8 Å². The Balaban J connectivity index is 1.63. The second-order valence-corrected chi connectivity index (χ2v) is 7.29. The van der Waals surface area contributed by atoms with Gasteiger partial charge < -0.3 is 9.88 Å². The van der Waals surface area contributed by atoms with Gasteiger partial charge in [-0.05, 0) is 35.9 Å². The Morgan fingerprint density at radius 1 is 1.21 bits per heavy atom. The predicted octanol–water partition coefficient (Wildman–Crippen LogP) is 5.49. The van der Waals surface area contributed by atoms with Crippen LogP contribution in [0, 0.1) is 0 Å². The molecule has 3 rings (SSSR count). The molecule has 0 spiro atoms. The molecule has 0 atom stereocenters. The van der Waals surface area contributed by atoms with Gasteiger partial charge in [-0.1, -0.05) is 41.6 Å². The maximum absolute atomic E-state index is 12.7. The SMILES string of the molecule is Cn1c(-c2ccc(Cl)cc2)cnc1SCC(=O)Nc1cccc(C(F)(F)F)c1. The van der Waals surface area contributed by atoms with Crippen molar-refractivity contribution in [3.05, 3.63) is 65.3 Å². The third-order valence-corrected chi connectivity index (χ3v) is 5.19. The van der Waals surface area contributed by atoms with E-state index in [2.05, 4.69) is 10.3 Å². The van der Waals surface area contributed by atoms with E-state index >= 15 is 0 Å². The number of imidazole rings is 1. The van der Waals surface area contributed by atoms with E-state index in [9.17, 15) is 18.0 Å². The fourth-order valence-electron chi connectivity index (χ4n) is 2.52. The number of carbonyl (C=O) groups is 1. The highest BCUT2D eigenvalue weighted by molar-refractivity contribution is 7.99. The van der Waals surface area contributed by atoms with Crippen molar-refractivity contribution < 1.29 is 18.0 Å². The molecule has 0 bridgehead atoms. The van der Waals surface area contributed by atoms with Crippen molar-refractivity contribution in [2.24, 2.45) is 7.05 Å². The number of hydrogen-bond donors (Lipinski definition) is 1. The normalized spacial score (nSPS) is 11.5. The lowest BCUT2D eigenvalue weighted by molar-refractivity contribution is -0.137. The lowest BCUT2D eigenvalue weighted by Gasteiger charge is -2.10. The number of aromatic nitrogens is 2. The average molecular weight is 426 g/mol. The van der Waals surface area contributed by atoms with Crippen LogP contribution in [0.2, 0.25) is 5.02 Å². The van der Waals surface area contributed by atoms with E-state index in [1.165, 1.54) is 23.9 Å². The molecule has 0 aliphatic heterocycles. The second-order valence-electron chi connectivity index (χ2n) is 5.91. The third-order valence-electron chi connectivity index (χ3n) is 3.89. The zero-order valence-corrected chi connectivity index (χ0v) is 16.2. The highest BCUT2D eigenvalue weighted by atomic mass is 35.5. The highest BCUT2D eigenvalue weighted by Crippen LogP contribution is 2.31. The molecule has 3 aromatic rings. The summed E-state index contributed by atoms with van der Waals surface area (Å²) in [5.41, 5.74) is 1.08. The van der Waals surface area contributed by atoms with Crippen molar-refractivity contribution in [1.29, 1.82) is 0 Å². The van der Waals surface area contributed by atoms with Crippen molar-refractivity contribution >= 4 is 35.0 Å². The number of alkyl halides is 3. The first kappa shape index (κ1) is 20.3. The summed E-state index contributed by atoms with van der Waals surface area (Å²) in [6.45, 7) is 0. The summed E-state index contributed by atoms with van der Waals surface area (Å²) in [7, 11) is 1.82. The monoisotopic (exact) mass is 425 g/mol. The minimum Gasteiger partial charge on any atom is -0.325 e. The molecular weight excluding hydrogens is 411 g/mol. The average Bonchev–Trinajstić information content (AvgIpc) is 3.01. The molecule has 2 aromatic carbocycles. The van der Waals surface area contributed by atoms with Crippen LogP contribution in [-0.4, -0.2) is 21.2 Å². The number of hydrogen-bond acceptors (Lipinski definition) is 3. The van der Waals surface area contributed by atoms with E-state index in [0.29, 0.717) is 10.2 Å². The van der Waals surface area contributed by atoms with Crippen LogP contribution in [0.3, 0.4) is 0 Å². The molecule has 146 valence electrons. The molecule has 0 unspecified atom stereocenters. The van der Waals surface area contributed by atoms with Crippen LogP contribution in [-0.2, 0) is 18.0 Å². The molecule has 1 N–H and O–H groups in total. The third kappa shape index (κ3) is 4.88. The lowest BCUT2D eigenvalue weighted by atomic mass is 10.2. The van der Waals surface area contributed by atoms with Crippen LogP contribution in [0.4, 0.5) is 18.9 Å². The minimum absolute atomic E-state index is 0.0150. The smallest absolute Gasteiger partial charge is 0.325 e. The van der Waals surface area contributed by atoms with Gasteiger partial charge in [-0.2, -0.15) is 13.2 Å². The van der Waals surface area contributed by atoms with Gasteiger partial charge in [0.1, 0.15) is 0 Å². The zero-order chi connectivity index (χ0) is 20.3. The highest BCUT2D eigenvalue weighted by Gasteiger charge is 2.30. The summed E-state index contributed by atoms with van der Waals surface area (Å²) in [4.78, 5) is 16.4. The van der Waals surface area contributed by atoms with Gasteiger partial charge in [-0.25, -0.2) is 4.98 Å². The Morgan fingerprint density at radius 2 is 1.93 bits per heavy atom. The molecule has 0 aliphatic carbocycles. The van der Waals surface area contributed by atoms with Gasteiger partial charge in [0.2, 0.25) is 5.91 Å². The summed E-state index contributed by atoms with van der Waals surface area (Å²) < 4.78 is 40.1. The van der Waals surface area contributed by atoms with Crippen LogP contribution in [0.1, 0.15) is 5.56 Å². The molecule has 0 saturated carbocycles.